The average Bonchev–Trinajstić information content (AvgIpc) is 2.70. The summed E-state index contributed by atoms with van der Waals surface area (Å²) in [4.78, 5) is 0. The highest BCUT2D eigenvalue weighted by molar-refractivity contribution is 5.87. The number of hydrogen-bond donors (Lipinski definition) is 0. The van der Waals surface area contributed by atoms with Gasteiger partial charge in [0.2, 0.25) is 0 Å². The summed E-state index contributed by atoms with van der Waals surface area (Å²) in [5, 5.41) is 2.57. The van der Waals surface area contributed by atoms with Crippen molar-refractivity contribution in [1.82, 2.24) is 0 Å². The van der Waals surface area contributed by atoms with Crippen molar-refractivity contribution in [1.29, 1.82) is 0 Å². The first-order valence-electron chi connectivity index (χ1n) is 8.53. The molecule has 1 atom stereocenters. The standard InChI is InChI=1S/C24H20O/c1-25-21-16-14-20(15-17-21)24(19-9-3-2-4-10-19)23-13-7-11-18-8-5-6-12-22(18)23/h2-17,24H,1H3. The van der Waals surface area contributed by atoms with E-state index in [9.17, 15) is 0 Å². The average molecular weight is 324 g/mol. The molecule has 0 aliphatic rings. The molecule has 0 aromatic heterocycles. The molecule has 0 amide bonds. The summed E-state index contributed by atoms with van der Waals surface area (Å²) in [6.07, 6.45) is 0. The molecule has 0 bridgehead atoms. The zero-order chi connectivity index (χ0) is 17.1. The van der Waals surface area contributed by atoms with Crippen LogP contribution in [0.15, 0.2) is 97.1 Å². The molecule has 0 spiro atoms. The predicted octanol–water partition coefficient (Wildman–Crippen LogP) is 6.03. The smallest absolute Gasteiger partial charge is 0.118 e. The third-order valence-corrected chi connectivity index (χ3v) is 4.72. The molecule has 0 radical (unpaired) electrons. The second-order valence-electron chi connectivity index (χ2n) is 6.19. The van der Waals surface area contributed by atoms with E-state index in [0.717, 1.165) is 5.75 Å². The van der Waals surface area contributed by atoms with Crippen LogP contribution in [0.5, 0.6) is 5.75 Å². The van der Waals surface area contributed by atoms with Crippen LogP contribution in [0.3, 0.4) is 0 Å². The first kappa shape index (κ1) is 15.5. The maximum absolute atomic E-state index is 5.33. The van der Waals surface area contributed by atoms with Crippen LogP contribution in [0, 0.1) is 0 Å². The first-order valence-corrected chi connectivity index (χ1v) is 8.53. The van der Waals surface area contributed by atoms with Crippen LogP contribution >= 0.6 is 0 Å². The van der Waals surface area contributed by atoms with Crippen molar-refractivity contribution in [2.24, 2.45) is 0 Å². The van der Waals surface area contributed by atoms with Gasteiger partial charge in [-0.15, -0.1) is 0 Å². The lowest BCUT2D eigenvalue weighted by molar-refractivity contribution is 0.414. The molecule has 122 valence electrons. The van der Waals surface area contributed by atoms with Crippen LogP contribution in [0.1, 0.15) is 22.6 Å². The zero-order valence-electron chi connectivity index (χ0n) is 14.2. The number of methoxy groups -OCH3 is 1. The van der Waals surface area contributed by atoms with Crippen LogP contribution in [0.4, 0.5) is 0 Å². The molecule has 0 aliphatic carbocycles. The van der Waals surface area contributed by atoms with E-state index in [2.05, 4.69) is 84.9 Å². The third-order valence-electron chi connectivity index (χ3n) is 4.72. The highest BCUT2D eigenvalue weighted by Crippen LogP contribution is 2.36. The van der Waals surface area contributed by atoms with E-state index < -0.39 is 0 Å². The van der Waals surface area contributed by atoms with E-state index in [0.29, 0.717) is 0 Å². The van der Waals surface area contributed by atoms with E-state index >= 15 is 0 Å². The largest absolute Gasteiger partial charge is 0.497 e. The molecular weight excluding hydrogens is 304 g/mol. The Hall–Kier alpha value is -3.06. The van der Waals surface area contributed by atoms with Crippen molar-refractivity contribution < 1.29 is 4.74 Å². The number of benzene rings is 4. The van der Waals surface area contributed by atoms with E-state index in [4.69, 9.17) is 4.74 Å². The molecule has 4 rings (SSSR count). The van der Waals surface area contributed by atoms with Crippen molar-refractivity contribution in [2.45, 2.75) is 5.92 Å². The molecule has 0 aliphatic heterocycles. The number of ether oxygens (including phenoxy) is 1. The molecule has 0 heterocycles. The van der Waals surface area contributed by atoms with Gasteiger partial charge in [-0.05, 0) is 39.6 Å². The van der Waals surface area contributed by atoms with Gasteiger partial charge >= 0.3 is 0 Å². The molecule has 0 saturated carbocycles. The van der Waals surface area contributed by atoms with Gasteiger partial charge in [-0.25, -0.2) is 0 Å². The Balaban J connectivity index is 1.93. The van der Waals surface area contributed by atoms with Gasteiger partial charge in [0.25, 0.3) is 0 Å². The summed E-state index contributed by atoms with van der Waals surface area (Å²) >= 11 is 0. The predicted molar refractivity (Wildman–Crippen MR) is 104 cm³/mol. The summed E-state index contributed by atoms with van der Waals surface area (Å²) in [5.74, 6) is 1.08. The minimum absolute atomic E-state index is 0.193. The fraction of sp³-hybridized carbons (Fsp3) is 0.0833. The normalized spacial score (nSPS) is 12.0. The van der Waals surface area contributed by atoms with Gasteiger partial charge in [0.05, 0.1) is 7.11 Å². The van der Waals surface area contributed by atoms with E-state index in [1.165, 1.54) is 27.5 Å². The summed E-state index contributed by atoms with van der Waals surface area (Å²) in [5.41, 5.74) is 3.89. The van der Waals surface area contributed by atoms with Crippen LogP contribution in [-0.2, 0) is 0 Å². The SMILES string of the molecule is COc1ccc(C(c2ccccc2)c2cccc3ccccc23)cc1. The molecule has 1 heteroatoms. The lowest BCUT2D eigenvalue weighted by Gasteiger charge is -2.21. The van der Waals surface area contributed by atoms with Gasteiger partial charge in [0, 0.05) is 5.92 Å². The Morgan fingerprint density at radius 3 is 2.00 bits per heavy atom. The lowest BCUT2D eigenvalue weighted by Crippen LogP contribution is -2.04. The van der Waals surface area contributed by atoms with Gasteiger partial charge < -0.3 is 4.74 Å². The van der Waals surface area contributed by atoms with Gasteiger partial charge in [-0.2, -0.15) is 0 Å². The van der Waals surface area contributed by atoms with Crippen LogP contribution < -0.4 is 4.74 Å². The summed E-state index contributed by atoms with van der Waals surface area (Å²) in [7, 11) is 1.70. The Morgan fingerprint density at radius 1 is 0.600 bits per heavy atom. The Kier molecular flexibility index (Phi) is 4.22. The molecule has 0 N–H and O–H groups in total. The molecule has 4 aromatic carbocycles. The molecule has 1 unspecified atom stereocenters. The summed E-state index contributed by atoms with van der Waals surface area (Å²) in [6.45, 7) is 0. The van der Waals surface area contributed by atoms with E-state index in [-0.39, 0.29) is 5.92 Å². The minimum atomic E-state index is 0.193. The maximum atomic E-state index is 5.33. The second kappa shape index (κ2) is 6.82. The maximum Gasteiger partial charge on any atom is 0.118 e. The van der Waals surface area contributed by atoms with Crippen molar-refractivity contribution in [3.8, 4) is 5.75 Å². The first-order chi connectivity index (χ1) is 12.4. The van der Waals surface area contributed by atoms with Crippen LogP contribution in [0.25, 0.3) is 10.8 Å². The summed E-state index contributed by atoms with van der Waals surface area (Å²) < 4.78 is 5.33. The highest BCUT2D eigenvalue weighted by atomic mass is 16.5. The minimum Gasteiger partial charge on any atom is -0.497 e. The second-order valence-corrected chi connectivity index (χ2v) is 6.19. The number of fused-ring (bicyclic) bond motifs is 1. The van der Waals surface area contributed by atoms with Gasteiger partial charge in [-0.1, -0.05) is 84.9 Å². The van der Waals surface area contributed by atoms with Crippen LogP contribution in [0.2, 0.25) is 0 Å². The number of rotatable bonds is 4. The van der Waals surface area contributed by atoms with Crippen LogP contribution in [-0.4, -0.2) is 7.11 Å². The third kappa shape index (κ3) is 3.01. The van der Waals surface area contributed by atoms with E-state index in [1.807, 2.05) is 12.1 Å². The Labute approximate surface area is 148 Å². The summed E-state index contributed by atoms with van der Waals surface area (Å²) in [6, 6.07) is 34.3. The molecule has 25 heavy (non-hydrogen) atoms. The van der Waals surface area contributed by atoms with Crippen molar-refractivity contribution in [3.05, 3.63) is 114 Å². The Morgan fingerprint density at radius 2 is 1.24 bits per heavy atom. The Bertz CT molecular complexity index is 966. The monoisotopic (exact) mass is 324 g/mol. The zero-order valence-corrected chi connectivity index (χ0v) is 14.2. The van der Waals surface area contributed by atoms with Gasteiger partial charge in [0.15, 0.2) is 0 Å². The number of hydrogen-bond acceptors (Lipinski definition) is 1. The molecular formula is C24H20O. The molecule has 1 nitrogen and oxygen atoms in total. The fourth-order valence-electron chi connectivity index (χ4n) is 3.50. The topological polar surface area (TPSA) is 9.23 Å². The highest BCUT2D eigenvalue weighted by Gasteiger charge is 2.18. The van der Waals surface area contributed by atoms with Crippen molar-refractivity contribution in [2.75, 3.05) is 7.11 Å². The van der Waals surface area contributed by atoms with Crippen molar-refractivity contribution in [3.63, 3.8) is 0 Å². The molecule has 0 fully saturated rings. The van der Waals surface area contributed by atoms with E-state index in [1.54, 1.807) is 7.11 Å². The van der Waals surface area contributed by atoms with Gasteiger partial charge in [0.1, 0.15) is 5.75 Å². The molecule has 0 saturated heterocycles. The fourth-order valence-corrected chi connectivity index (χ4v) is 3.50. The quantitative estimate of drug-likeness (QED) is 0.417. The lowest BCUT2D eigenvalue weighted by atomic mass is 9.83. The molecule has 4 aromatic rings. The van der Waals surface area contributed by atoms with Gasteiger partial charge in [-0.3, -0.25) is 0 Å². The van der Waals surface area contributed by atoms with Crippen molar-refractivity contribution >= 4 is 10.8 Å².